The summed E-state index contributed by atoms with van der Waals surface area (Å²) in [5, 5.41) is 14.1. The summed E-state index contributed by atoms with van der Waals surface area (Å²) >= 11 is 0. The lowest BCUT2D eigenvalue weighted by Gasteiger charge is -2.14. The van der Waals surface area contributed by atoms with Gasteiger partial charge in [-0.1, -0.05) is 6.92 Å². The van der Waals surface area contributed by atoms with Crippen molar-refractivity contribution in [1.29, 1.82) is 0 Å². The lowest BCUT2D eigenvalue weighted by Crippen LogP contribution is -2.27. The van der Waals surface area contributed by atoms with E-state index in [9.17, 15) is 4.79 Å². The van der Waals surface area contributed by atoms with Crippen molar-refractivity contribution in [2.75, 3.05) is 18.4 Å². The van der Waals surface area contributed by atoms with Crippen molar-refractivity contribution in [2.45, 2.75) is 6.92 Å². The molecule has 1 aromatic carbocycles. The number of benzene rings is 1. The highest BCUT2D eigenvalue weighted by Crippen LogP contribution is 2.20. The Hall–Kier alpha value is -1.88. The lowest BCUT2D eigenvalue weighted by atomic mass is 9.97. The summed E-state index contributed by atoms with van der Waals surface area (Å²) in [4.78, 5) is 12.1. The molecule has 1 aliphatic heterocycles. The molecule has 0 bridgehead atoms. The Morgan fingerprint density at radius 3 is 3.11 bits per heavy atom. The molecular weight excluding hydrogens is 228 g/mol. The number of amides is 1. The first-order chi connectivity index (χ1) is 8.74. The zero-order chi connectivity index (χ0) is 12.5. The van der Waals surface area contributed by atoms with Gasteiger partial charge in [0.05, 0.1) is 17.6 Å². The Bertz CT molecular complexity index is 577. The molecule has 0 saturated carbocycles. The van der Waals surface area contributed by atoms with E-state index in [2.05, 4.69) is 27.8 Å². The smallest absolute Gasteiger partial charge is 0.229 e. The first kappa shape index (κ1) is 11.2. The number of aromatic amines is 1. The normalized spacial score (nSPS) is 23.4. The van der Waals surface area contributed by atoms with Crippen LogP contribution in [0.5, 0.6) is 0 Å². The van der Waals surface area contributed by atoms with Gasteiger partial charge in [0.25, 0.3) is 0 Å². The van der Waals surface area contributed by atoms with Gasteiger partial charge in [-0.05, 0) is 30.7 Å². The summed E-state index contributed by atoms with van der Waals surface area (Å²) in [5.74, 6) is 0.537. The SMILES string of the molecule is CC1CNCC1C(=O)Nc1ccc2cn[nH]c2c1. The molecule has 1 amide bonds. The van der Waals surface area contributed by atoms with Crippen molar-refractivity contribution in [1.82, 2.24) is 15.5 Å². The second-order valence-electron chi connectivity index (χ2n) is 4.90. The molecule has 1 saturated heterocycles. The highest BCUT2D eigenvalue weighted by molar-refractivity contribution is 5.95. The molecule has 0 radical (unpaired) electrons. The number of nitrogens with zero attached hydrogens (tertiary/aromatic N) is 1. The minimum Gasteiger partial charge on any atom is -0.326 e. The summed E-state index contributed by atoms with van der Waals surface area (Å²) in [6.45, 7) is 3.78. The number of hydrogen-bond acceptors (Lipinski definition) is 3. The van der Waals surface area contributed by atoms with Crippen LogP contribution < -0.4 is 10.6 Å². The molecule has 2 heterocycles. The van der Waals surface area contributed by atoms with Gasteiger partial charge in [0, 0.05) is 17.6 Å². The topological polar surface area (TPSA) is 69.8 Å². The van der Waals surface area contributed by atoms with Crippen molar-refractivity contribution in [3.63, 3.8) is 0 Å². The average Bonchev–Trinajstić information content (AvgIpc) is 2.96. The fourth-order valence-electron chi connectivity index (χ4n) is 2.41. The van der Waals surface area contributed by atoms with Gasteiger partial charge in [-0.25, -0.2) is 0 Å². The maximum atomic E-state index is 12.1. The third-order valence-corrected chi connectivity index (χ3v) is 3.56. The second-order valence-corrected chi connectivity index (χ2v) is 4.90. The van der Waals surface area contributed by atoms with Crippen molar-refractivity contribution >= 4 is 22.5 Å². The molecule has 5 nitrogen and oxygen atoms in total. The van der Waals surface area contributed by atoms with Gasteiger partial charge in [-0.3, -0.25) is 9.89 Å². The van der Waals surface area contributed by atoms with E-state index in [-0.39, 0.29) is 11.8 Å². The quantitative estimate of drug-likeness (QED) is 0.747. The number of anilines is 1. The molecule has 2 unspecified atom stereocenters. The third-order valence-electron chi connectivity index (χ3n) is 3.56. The zero-order valence-electron chi connectivity index (χ0n) is 10.2. The Kier molecular flexibility index (Phi) is 2.76. The van der Waals surface area contributed by atoms with Gasteiger partial charge in [0.15, 0.2) is 0 Å². The predicted octanol–water partition coefficient (Wildman–Crippen LogP) is 1.36. The van der Waals surface area contributed by atoms with Crippen LogP contribution in [0.4, 0.5) is 5.69 Å². The van der Waals surface area contributed by atoms with Crippen LogP contribution in [0.1, 0.15) is 6.92 Å². The average molecular weight is 244 g/mol. The van der Waals surface area contributed by atoms with Gasteiger partial charge in [0.1, 0.15) is 0 Å². The minimum atomic E-state index is 0.0578. The van der Waals surface area contributed by atoms with E-state index in [1.807, 2.05) is 18.2 Å². The summed E-state index contributed by atoms with van der Waals surface area (Å²) < 4.78 is 0. The molecule has 18 heavy (non-hydrogen) atoms. The Morgan fingerprint density at radius 2 is 2.33 bits per heavy atom. The first-order valence-corrected chi connectivity index (χ1v) is 6.19. The van der Waals surface area contributed by atoms with Crippen molar-refractivity contribution in [2.24, 2.45) is 11.8 Å². The van der Waals surface area contributed by atoms with Gasteiger partial charge in [0.2, 0.25) is 5.91 Å². The van der Waals surface area contributed by atoms with E-state index in [1.165, 1.54) is 0 Å². The molecule has 94 valence electrons. The summed E-state index contributed by atoms with van der Waals surface area (Å²) in [7, 11) is 0. The van der Waals surface area contributed by atoms with Gasteiger partial charge in [-0.15, -0.1) is 0 Å². The Labute approximate surface area is 105 Å². The van der Waals surface area contributed by atoms with E-state index in [0.717, 1.165) is 29.7 Å². The predicted molar refractivity (Wildman–Crippen MR) is 70.2 cm³/mol. The van der Waals surface area contributed by atoms with E-state index in [4.69, 9.17) is 0 Å². The van der Waals surface area contributed by atoms with E-state index in [1.54, 1.807) is 6.20 Å². The number of rotatable bonds is 2. The maximum Gasteiger partial charge on any atom is 0.229 e. The number of fused-ring (bicyclic) bond motifs is 1. The third kappa shape index (κ3) is 1.97. The maximum absolute atomic E-state index is 12.1. The van der Waals surface area contributed by atoms with Crippen LogP contribution >= 0.6 is 0 Å². The van der Waals surface area contributed by atoms with Gasteiger partial charge in [-0.2, -0.15) is 5.10 Å². The highest BCUT2D eigenvalue weighted by atomic mass is 16.1. The van der Waals surface area contributed by atoms with Gasteiger partial charge < -0.3 is 10.6 Å². The van der Waals surface area contributed by atoms with Crippen LogP contribution in [0.3, 0.4) is 0 Å². The fourth-order valence-corrected chi connectivity index (χ4v) is 2.41. The largest absolute Gasteiger partial charge is 0.326 e. The van der Waals surface area contributed by atoms with Crippen molar-refractivity contribution in [3.8, 4) is 0 Å². The van der Waals surface area contributed by atoms with Crippen LogP contribution in [0.15, 0.2) is 24.4 Å². The van der Waals surface area contributed by atoms with Crippen LogP contribution in [0.25, 0.3) is 10.9 Å². The van der Waals surface area contributed by atoms with E-state index in [0.29, 0.717) is 5.92 Å². The highest BCUT2D eigenvalue weighted by Gasteiger charge is 2.29. The monoisotopic (exact) mass is 244 g/mol. The van der Waals surface area contributed by atoms with Crippen molar-refractivity contribution < 1.29 is 4.79 Å². The van der Waals surface area contributed by atoms with Crippen molar-refractivity contribution in [3.05, 3.63) is 24.4 Å². The molecule has 1 aliphatic rings. The Balaban J connectivity index is 1.77. The lowest BCUT2D eigenvalue weighted by molar-refractivity contribution is -0.120. The second kappa shape index (κ2) is 4.42. The molecule has 2 atom stereocenters. The summed E-state index contributed by atoms with van der Waals surface area (Å²) in [6, 6.07) is 5.76. The number of carbonyl (C=O) groups excluding carboxylic acids is 1. The minimum absolute atomic E-state index is 0.0578. The van der Waals surface area contributed by atoms with Crippen LogP contribution in [-0.4, -0.2) is 29.2 Å². The molecule has 0 aliphatic carbocycles. The summed E-state index contributed by atoms with van der Waals surface area (Å²) in [5.41, 5.74) is 1.75. The molecule has 2 aromatic rings. The zero-order valence-corrected chi connectivity index (χ0v) is 10.2. The standard InChI is InChI=1S/C13H16N4O/c1-8-5-14-7-11(8)13(18)16-10-3-2-9-6-15-17-12(9)4-10/h2-4,6,8,11,14H,5,7H2,1H3,(H,15,17)(H,16,18). The number of carbonyl (C=O) groups is 1. The number of aromatic nitrogens is 2. The van der Waals surface area contributed by atoms with Crippen LogP contribution in [0.2, 0.25) is 0 Å². The van der Waals surface area contributed by atoms with Crippen LogP contribution in [-0.2, 0) is 4.79 Å². The number of H-pyrrole nitrogens is 1. The Morgan fingerprint density at radius 1 is 1.44 bits per heavy atom. The van der Waals surface area contributed by atoms with E-state index >= 15 is 0 Å². The molecule has 1 aromatic heterocycles. The summed E-state index contributed by atoms with van der Waals surface area (Å²) in [6.07, 6.45) is 1.77. The number of nitrogens with one attached hydrogen (secondary N) is 3. The molecular formula is C13H16N4O. The first-order valence-electron chi connectivity index (χ1n) is 6.19. The molecule has 3 N–H and O–H groups in total. The number of hydrogen-bond donors (Lipinski definition) is 3. The molecule has 0 spiro atoms. The molecule has 1 fully saturated rings. The van der Waals surface area contributed by atoms with Crippen LogP contribution in [0, 0.1) is 11.8 Å². The fraction of sp³-hybridized carbons (Fsp3) is 0.385. The molecule has 3 rings (SSSR count). The van der Waals surface area contributed by atoms with E-state index < -0.39 is 0 Å². The molecule has 5 heteroatoms. The van der Waals surface area contributed by atoms with Gasteiger partial charge >= 0.3 is 0 Å².